The number of carboxylic acids is 1. The summed E-state index contributed by atoms with van der Waals surface area (Å²) in [6.07, 6.45) is 5.01. The maximum Gasteiger partial charge on any atom is 0.323 e. The quantitative estimate of drug-likeness (QED) is 0.883. The van der Waals surface area contributed by atoms with E-state index in [0.717, 1.165) is 18.2 Å². The number of anilines is 1. The normalized spacial score (nSPS) is 23.0. The zero-order valence-corrected chi connectivity index (χ0v) is 11.6. The van der Waals surface area contributed by atoms with Crippen molar-refractivity contribution in [3.8, 4) is 0 Å². The third-order valence-electron chi connectivity index (χ3n) is 4.06. The summed E-state index contributed by atoms with van der Waals surface area (Å²) in [5.74, 6) is 0.713. The van der Waals surface area contributed by atoms with Gasteiger partial charge in [0, 0.05) is 12.2 Å². The molecule has 1 aromatic carbocycles. The second-order valence-corrected chi connectivity index (χ2v) is 5.74. The number of carbonyl (C=O) groups is 1. The van der Waals surface area contributed by atoms with Gasteiger partial charge in [-0.05, 0) is 36.8 Å². The van der Waals surface area contributed by atoms with Crippen molar-refractivity contribution in [2.75, 3.05) is 18.0 Å². The lowest BCUT2D eigenvalue weighted by atomic mass is 9.83. The minimum absolute atomic E-state index is 0.0933. The number of aliphatic carboxylic acids is 1. The first-order valence-electron chi connectivity index (χ1n) is 7.17. The molecular weight excluding hydrogens is 238 g/mol. The Hall–Kier alpha value is -1.51. The predicted molar refractivity (Wildman–Crippen MR) is 77.4 cm³/mol. The van der Waals surface area contributed by atoms with Crippen LogP contribution in [0.1, 0.15) is 32.6 Å². The van der Waals surface area contributed by atoms with E-state index in [1.807, 2.05) is 35.2 Å². The number of hydrogen-bond acceptors (Lipinski definition) is 2. The third-order valence-corrected chi connectivity index (χ3v) is 4.06. The molecule has 0 spiro atoms. The van der Waals surface area contributed by atoms with Crippen molar-refractivity contribution in [2.45, 2.75) is 32.6 Å². The standard InChI is InChI=1S/C16H23NO2/c1-13-7-9-14(10-8-13)11-17(12-16(18)19)15-5-3-2-4-6-15/h2-6,13-14H,7-12H2,1H3,(H,18,19). The number of benzene rings is 1. The van der Waals surface area contributed by atoms with Gasteiger partial charge < -0.3 is 10.0 Å². The molecule has 2 rings (SSSR count). The van der Waals surface area contributed by atoms with Gasteiger partial charge in [0.15, 0.2) is 0 Å². The lowest BCUT2D eigenvalue weighted by Gasteiger charge is -2.32. The summed E-state index contributed by atoms with van der Waals surface area (Å²) in [5, 5.41) is 9.08. The molecule has 0 aromatic heterocycles. The van der Waals surface area contributed by atoms with Gasteiger partial charge in [-0.25, -0.2) is 0 Å². The number of hydrogen-bond donors (Lipinski definition) is 1. The number of nitrogens with zero attached hydrogens (tertiary/aromatic N) is 1. The Labute approximate surface area is 115 Å². The molecule has 104 valence electrons. The van der Waals surface area contributed by atoms with E-state index in [2.05, 4.69) is 6.92 Å². The zero-order chi connectivity index (χ0) is 13.7. The van der Waals surface area contributed by atoms with Crippen molar-refractivity contribution in [2.24, 2.45) is 11.8 Å². The molecule has 0 bridgehead atoms. The molecule has 19 heavy (non-hydrogen) atoms. The van der Waals surface area contributed by atoms with Crippen LogP contribution in [-0.2, 0) is 4.79 Å². The van der Waals surface area contributed by atoms with Crippen LogP contribution >= 0.6 is 0 Å². The Bertz CT molecular complexity index is 396. The topological polar surface area (TPSA) is 40.5 Å². The first-order valence-corrected chi connectivity index (χ1v) is 7.17. The van der Waals surface area contributed by atoms with Gasteiger partial charge in [0.25, 0.3) is 0 Å². The van der Waals surface area contributed by atoms with E-state index in [0.29, 0.717) is 5.92 Å². The molecule has 0 aliphatic heterocycles. The summed E-state index contributed by atoms with van der Waals surface area (Å²) in [6.45, 7) is 3.27. The minimum Gasteiger partial charge on any atom is -0.480 e. The Morgan fingerprint density at radius 3 is 2.42 bits per heavy atom. The number of para-hydroxylation sites is 1. The first-order chi connectivity index (χ1) is 9.15. The van der Waals surface area contributed by atoms with Crippen molar-refractivity contribution < 1.29 is 9.90 Å². The van der Waals surface area contributed by atoms with E-state index in [4.69, 9.17) is 5.11 Å². The van der Waals surface area contributed by atoms with Crippen LogP contribution in [0.25, 0.3) is 0 Å². The predicted octanol–water partition coefficient (Wildman–Crippen LogP) is 3.40. The van der Waals surface area contributed by atoms with Crippen LogP contribution in [0.15, 0.2) is 30.3 Å². The Morgan fingerprint density at radius 2 is 1.84 bits per heavy atom. The van der Waals surface area contributed by atoms with E-state index >= 15 is 0 Å². The summed E-state index contributed by atoms with van der Waals surface area (Å²) in [5.41, 5.74) is 1.02. The smallest absolute Gasteiger partial charge is 0.323 e. The second kappa shape index (κ2) is 6.60. The average molecular weight is 261 g/mol. The molecular formula is C16H23NO2. The average Bonchev–Trinajstić information content (AvgIpc) is 2.41. The Balaban J connectivity index is 2.00. The molecule has 1 aliphatic carbocycles. The molecule has 0 saturated heterocycles. The molecule has 1 fully saturated rings. The monoisotopic (exact) mass is 261 g/mol. The van der Waals surface area contributed by atoms with Gasteiger partial charge in [0.2, 0.25) is 0 Å². The molecule has 3 nitrogen and oxygen atoms in total. The van der Waals surface area contributed by atoms with Crippen LogP contribution in [0.2, 0.25) is 0 Å². The number of rotatable bonds is 5. The van der Waals surface area contributed by atoms with Crippen molar-refractivity contribution >= 4 is 11.7 Å². The fourth-order valence-corrected chi connectivity index (χ4v) is 2.89. The van der Waals surface area contributed by atoms with Crippen LogP contribution in [-0.4, -0.2) is 24.2 Å². The van der Waals surface area contributed by atoms with Gasteiger partial charge in [-0.15, -0.1) is 0 Å². The molecule has 0 atom stereocenters. The molecule has 1 aliphatic rings. The van der Waals surface area contributed by atoms with Crippen LogP contribution in [0.5, 0.6) is 0 Å². The van der Waals surface area contributed by atoms with Crippen molar-refractivity contribution in [1.29, 1.82) is 0 Å². The molecule has 0 unspecified atom stereocenters. The summed E-state index contributed by atoms with van der Waals surface area (Å²) in [4.78, 5) is 13.0. The van der Waals surface area contributed by atoms with E-state index in [1.54, 1.807) is 0 Å². The molecule has 0 radical (unpaired) electrons. The van der Waals surface area contributed by atoms with Gasteiger partial charge in [-0.2, -0.15) is 0 Å². The fraction of sp³-hybridized carbons (Fsp3) is 0.562. The van der Waals surface area contributed by atoms with Crippen molar-refractivity contribution in [3.05, 3.63) is 30.3 Å². The van der Waals surface area contributed by atoms with Gasteiger partial charge in [-0.1, -0.05) is 38.0 Å². The van der Waals surface area contributed by atoms with Gasteiger partial charge in [0.05, 0.1) is 0 Å². The van der Waals surface area contributed by atoms with Crippen LogP contribution in [0.4, 0.5) is 5.69 Å². The highest BCUT2D eigenvalue weighted by Gasteiger charge is 2.21. The van der Waals surface area contributed by atoms with Crippen LogP contribution < -0.4 is 4.90 Å². The lowest BCUT2D eigenvalue weighted by molar-refractivity contribution is -0.135. The maximum atomic E-state index is 11.0. The molecule has 0 amide bonds. The third kappa shape index (κ3) is 4.27. The van der Waals surface area contributed by atoms with E-state index in [9.17, 15) is 4.79 Å². The molecule has 1 saturated carbocycles. The maximum absolute atomic E-state index is 11.0. The highest BCUT2D eigenvalue weighted by molar-refractivity contribution is 5.73. The van der Waals surface area contributed by atoms with Crippen molar-refractivity contribution in [3.63, 3.8) is 0 Å². The number of carboxylic acid groups (broad SMARTS) is 1. The van der Waals surface area contributed by atoms with Gasteiger partial charge >= 0.3 is 5.97 Å². The molecule has 0 heterocycles. The largest absolute Gasteiger partial charge is 0.480 e. The van der Waals surface area contributed by atoms with Crippen molar-refractivity contribution in [1.82, 2.24) is 0 Å². The fourth-order valence-electron chi connectivity index (χ4n) is 2.89. The summed E-state index contributed by atoms with van der Waals surface area (Å²) in [6, 6.07) is 9.88. The zero-order valence-electron chi connectivity index (χ0n) is 11.6. The van der Waals surface area contributed by atoms with E-state index in [1.165, 1.54) is 25.7 Å². The van der Waals surface area contributed by atoms with Crippen LogP contribution in [0, 0.1) is 11.8 Å². The van der Waals surface area contributed by atoms with Gasteiger partial charge in [0.1, 0.15) is 6.54 Å². The molecule has 1 N–H and O–H groups in total. The summed E-state index contributed by atoms with van der Waals surface area (Å²) >= 11 is 0. The first kappa shape index (κ1) is 13.9. The van der Waals surface area contributed by atoms with Gasteiger partial charge in [-0.3, -0.25) is 4.79 Å². The van der Waals surface area contributed by atoms with E-state index < -0.39 is 5.97 Å². The van der Waals surface area contributed by atoms with E-state index in [-0.39, 0.29) is 6.54 Å². The van der Waals surface area contributed by atoms with Crippen LogP contribution in [0.3, 0.4) is 0 Å². The second-order valence-electron chi connectivity index (χ2n) is 5.74. The Morgan fingerprint density at radius 1 is 1.21 bits per heavy atom. The Kier molecular flexibility index (Phi) is 4.83. The lowest BCUT2D eigenvalue weighted by Crippen LogP contribution is -2.35. The SMILES string of the molecule is CC1CCC(CN(CC(=O)O)c2ccccc2)CC1. The minimum atomic E-state index is -0.756. The highest BCUT2D eigenvalue weighted by atomic mass is 16.4. The summed E-state index contributed by atoms with van der Waals surface area (Å²) < 4.78 is 0. The molecule has 3 heteroatoms. The molecule has 1 aromatic rings. The summed E-state index contributed by atoms with van der Waals surface area (Å²) in [7, 11) is 0. The highest BCUT2D eigenvalue weighted by Crippen LogP contribution is 2.29.